The van der Waals surface area contributed by atoms with Crippen molar-refractivity contribution in [3.63, 3.8) is 0 Å². The van der Waals surface area contributed by atoms with Crippen molar-refractivity contribution >= 4 is 16.1 Å². The van der Waals surface area contributed by atoms with Crippen molar-refractivity contribution in [2.45, 2.75) is 25.8 Å². The van der Waals surface area contributed by atoms with Crippen LogP contribution in [-0.4, -0.2) is 14.7 Å². The quantitative estimate of drug-likeness (QED) is 0.829. The van der Waals surface area contributed by atoms with E-state index >= 15 is 0 Å². The monoisotopic (exact) mass is 329 g/mol. The van der Waals surface area contributed by atoms with E-state index in [0.717, 1.165) is 24.0 Å². The van der Waals surface area contributed by atoms with Gasteiger partial charge in [-0.1, -0.05) is 72.3 Å². The molecule has 0 saturated carbocycles. The Kier molecular flexibility index (Phi) is 6.13. The Bertz CT molecular complexity index is 737. The van der Waals surface area contributed by atoms with Crippen LogP contribution in [0.5, 0.6) is 0 Å². The fraction of sp³-hybridized carbons (Fsp3) is 0.263. The maximum absolute atomic E-state index is 11.6. The van der Waals surface area contributed by atoms with Gasteiger partial charge in [0.2, 0.25) is 10.0 Å². The van der Waals surface area contributed by atoms with Gasteiger partial charge in [0, 0.05) is 6.04 Å². The number of hydrogen-bond acceptors (Lipinski definition) is 2. The first-order valence-electron chi connectivity index (χ1n) is 7.68. The second-order valence-corrected chi connectivity index (χ2v) is 7.57. The highest BCUT2D eigenvalue weighted by Crippen LogP contribution is 2.22. The summed E-state index contributed by atoms with van der Waals surface area (Å²) in [6, 6.07) is 19.6. The van der Waals surface area contributed by atoms with E-state index in [2.05, 4.69) is 29.9 Å². The van der Waals surface area contributed by atoms with Crippen molar-refractivity contribution < 1.29 is 8.42 Å². The minimum absolute atomic E-state index is 0.203. The zero-order valence-corrected chi connectivity index (χ0v) is 14.4. The van der Waals surface area contributed by atoms with Crippen LogP contribution >= 0.6 is 0 Å². The molecule has 0 amide bonds. The van der Waals surface area contributed by atoms with Crippen LogP contribution in [0.3, 0.4) is 0 Å². The Balaban J connectivity index is 2.08. The minimum Gasteiger partial charge on any atom is -0.213 e. The lowest BCUT2D eigenvalue weighted by Crippen LogP contribution is -2.27. The summed E-state index contributed by atoms with van der Waals surface area (Å²) < 4.78 is 26.0. The van der Waals surface area contributed by atoms with Crippen molar-refractivity contribution in [2.24, 2.45) is 0 Å². The third kappa shape index (κ3) is 6.38. The molecular formula is C19H23NO2S. The smallest absolute Gasteiger partial charge is 0.209 e. The number of allylic oxidation sites excluding steroid dienone is 1. The van der Waals surface area contributed by atoms with Crippen molar-refractivity contribution in [3.05, 3.63) is 77.4 Å². The van der Waals surface area contributed by atoms with Crippen LogP contribution in [0.2, 0.25) is 0 Å². The fourth-order valence-electron chi connectivity index (χ4n) is 2.52. The Labute approximate surface area is 139 Å². The Hall–Kier alpha value is -1.91. The molecule has 23 heavy (non-hydrogen) atoms. The average Bonchev–Trinajstić information content (AvgIpc) is 2.52. The molecule has 0 spiro atoms. The van der Waals surface area contributed by atoms with Gasteiger partial charge in [-0.3, -0.25) is 0 Å². The SMILES string of the molecule is C/C(=C\c1ccccc1)CCC(NS(C)(=O)=O)c1ccccc1. The summed E-state index contributed by atoms with van der Waals surface area (Å²) in [5.41, 5.74) is 3.38. The predicted octanol–water partition coefficient (Wildman–Crippen LogP) is 4.16. The van der Waals surface area contributed by atoms with Crippen molar-refractivity contribution in [1.82, 2.24) is 4.72 Å². The van der Waals surface area contributed by atoms with Crippen LogP contribution < -0.4 is 4.72 Å². The molecule has 0 radical (unpaired) electrons. The standard InChI is InChI=1S/C19H23NO2S/c1-16(15-17-9-5-3-6-10-17)13-14-19(20-23(2,21)22)18-11-7-4-8-12-18/h3-12,15,19-20H,13-14H2,1-2H3/b16-15+. The molecule has 0 heterocycles. The topological polar surface area (TPSA) is 46.2 Å². The molecule has 0 fully saturated rings. The number of hydrogen-bond donors (Lipinski definition) is 1. The van der Waals surface area contributed by atoms with Gasteiger partial charge < -0.3 is 0 Å². The average molecular weight is 329 g/mol. The van der Waals surface area contributed by atoms with Crippen LogP contribution in [0.15, 0.2) is 66.2 Å². The summed E-state index contributed by atoms with van der Waals surface area (Å²) >= 11 is 0. The highest BCUT2D eigenvalue weighted by atomic mass is 32.2. The van der Waals surface area contributed by atoms with Crippen molar-refractivity contribution in [2.75, 3.05) is 6.26 Å². The molecule has 0 aromatic heterocycles. The molecule has 1 N–H and O–H groups in total. The first-order valence-corrected chi connectivity index (χ1v) is 9.57. The summed E-state index contributed by atoms with van der Waals surface area (Å²) in [6.45, 7) is 2.08. The van der Waals surface area contributed by atoms with E-state index in [1.54, 1.807) is 0 Å². The van der Waals surface area contributed by atoms with Gasteiger partial charge in [-0.15, -0.1) is 0 Å². The van der Waals surface area contributed by atoms with E-state index in [1.807, 2.05) is 48.5 Å². The molecule has 3 nitrogen and oxygen atoms in total. The molecule has 2 aromatic rings. The molecule has 2 rings (SSSR count). The van der Waals surface area contributed by atoms with Gasteiger partial charge in [0.05, 0.1) is 6.26 Å². The minimum atomic E-state index is -3.25. The Morgan fingerprint density at radius 3 is 2.17 bits per heavy atom. The highest BCUT2D eigenvalue weighted by molar-refractivity contribution is 7.88. The van der Waals surface area contributed by atoms with Gasteiger partial charge in [-0.25, -0.2) is 13.1 Å². The van der Waals surface area contributed by atoms with E-state index in [-0.39, 0.29) is 6.04 Å². The highest BCUT2D eigenvalue weighted by Gasteiger charge is 2.15. The number of benzene rings is 2. The third-order valence-corrected chi connectivity index (χ3v) is 4.31. The molecule has 0 aliphatic carbocycles. The molecule has 0 saturated heterocycles. The fourth-order valence-corrected chi connectivity index (χ4v) is 3.29. The zero-order chi connectivity index (χ0) is 16.7. The summed E-state index contributed by atoms with van der Waals surface area (Å²) in [5, 5.41) is 0. The van der Waals surface area contributed by atoms with Gasteiger partial charge in [0.1, 0.15) is 0 Å². The van der Waals surface area contributed by atoms with Gasteiger partial charge in [-0.2, -0.15) is 0 Å². The van der Waals surface area contributed by atoms with Crippen LogP contribution in [0.4, 0.5) is 0 Å². The van der Waals surface area contributed by atoms with Crippen molar-refractivity contribution in [1.29, 1.82) is 0 Å². The first-order chi connectivity index (χ1) is 10.9. The molecular weight excluding hydrogens is 306 g/mol. The Morgan fingerprint density at radius 1 is 1.04 bits per heavy atom. The molecule has 0 bridgehead atoms. The van der Waals surface area contributed by atoms with Crippen LogP contribution in [-0.2, 0) is 10.0 Å². The second kappa shape index (κ2) is 8.09. The lowest BCUT2D eigenvalue weighted by atomic mass is 9.99. The maximum Gasteiger partial charge on any atom is 0.209 e. The molecule has 0 aliphatic heterocycles. The Morgan fingerprint density at radius 2 is 1.61 bits per heavy atom. The molecule has 4 heteroatoms. The van der Waals surface area contributed by atoms with Crippen LogP contribution in [0, 0.1) is 0 Å². The summed E-state index contributed by atoms with van der Waals surface area (Å²) in [4.78, 5) is 0. The van der Waals surface area contributed by atoms with E-state index in [4.69, 9.17) is 0 Å². The normalized spacial score (nSPS) is 13.7. The summed E-state index contributed by atoms with van der Waals surface area (Å²) in [7, 11) is -3.25. The van der Waals surface area contributed by atoms with Gasteiger partial charge >= 0.3 is 0 Å². The van der Waals surface area contributed by atoms with Gasteiger partial charge in [-0.05, 0) is 30.9 Å². The first kappa shape index (κ1) is 17.4. The van der Waals surface area contributed by atoms with E-state index < -0.39 is 10.0 Å². The van der Waals surface area contributed by atoms with Gasteiger partial charge in [0.15, 0.2) is 0 Å². The molecule has 1 unspecified atom stereocenters. The largest absolute Gasteiger partial charge is 0.213 e. The molecule has 122 valence electrons. The van der Waals surface area contributed by atoms with Crippen LogP contribution in [0.1, 0.15) is 36.9 Å². The molecule has 2 aromatic carbocycles. The predicted molar refractivity (Wildman–Crippen MR) is 96.5 cm³/mol. The number of sulfonamides is 1. The number of rotatable bonds is 7. The molecule has 1 atom stereocenters. The zero-order valence-electron chi connectivity index (χ0n) is 13.6. The lowest BCUT2D eigenvalue weighted by molar-refractivity contribution is 0.544. The second-order valence-electron chi connectivity index (χ2n) is 5.79. The summed E-state index contributed by atoms with van der Waals surface area (Å²) in [6.07, 6.45) is 4.90. The van der Waals surface area contributed by atoms with E-state index in [1.165, 1.54) is 11.8 Å². The van der Waals surface area contributed by atoms with Crippen LogP contribution in [0.25, 0.3) is 6.08 Å². The molecule has 0 aliphatic rings. The third-order valence-electron chi connectivity index (χ3n) is 3.60. The number of nitrogens with one attached hydrogen (secondary N) is 1. The van der Waals surface area contributed by atoms with E-state index in [0.29, 0.717) is 0 Å². The maximum atomic E-state index is 11.6. The lowest BCUT2D eigenvalue weighted by Gasteiger charge is -2.18. The van der Waals surface area contributed by atoms with Crippen molar-refractivity contribution in [3.8, 4) is 0 Å². The van der Waals surface area contributed by atoms with E-state index in [9.17, 15) is 8.42 Å². The summed E-state index contributed by atoms with van der Waals surface area (Å²) in [5.74, 6) is 0. The van der Waals surface area contributed by atoms with Gasteiger partial charge in [0.25, 0.3) is 0 Å².